The van der Waals surface area contributed by atoms with E-state index in [1.54, 1.807) is 13.8 Å². The molecule has 0 aromatic heterocycles. The van der Waals surface area contributed by atoms with Gasteiger partial charge in [0.25, 0.3) is 0 Å². The van der Waals surface area contributed by atoms with Crippen LogP contribution in [-0.4, -0.2) is 54.0 Å². The fourth-order valence-corrected chi connectivity index (χ4v) is 2.13. The van der Waals surface area contributed by atoms with E-state index in [0.29, 0.717) is 6.61 Å². The molecule has 104 valence electrons. The summed E-state index contributed by atoms with van der Waals surface area (Å²) in [5.74, 6) is -2.25. The van der Waals surface area contributed by atoms with Crippen LogP contribution in [0.2, 0.25) is 0 Å². The van der Waals surface area contributed by atoms with Gasteiger partial charge in [0.1, 0.15) is 18.3 Å². The first-order valence-corrected chi connectivity index (χ1v) is 6.05. The molecule has 18 heavy (non-hydrogen) atoms. The Kier molecular flexibility index (Phi) is 3.50. The maximum absolute atomic E-state index is 12.1. The fourth-order valence-electron chi connectivity index (χ4n) is 2.13. The number of rotatable bonds is 3. The van der Waals surface area contributed by atoms with Crippen molar-refractivity contribution in [3.05, 3.63) is 0 Å². The molecule has 0 unspecified atom stereocenters. The average Bonchev–Trinajstić information content (AvgIpc) is 2.70. The van der Waals surface area contributed by atoms with Crippen LogP contribution in [0.15, 0.2) is 0 Å². The summed E-state index contributed by atoms with van der Waals surface area (Å²) in [6.07, 6.45) is -1.84. The lowest BCUT2D eigenvalue weighted by molar-refractivity contribution is -0.204. The maximum Gasteiger partial charge on any atom is 0.195 e. The molecular weight excluding hydrogens is 240 g/mol. The van der Waals surface area contributed by atoms with E-state index in [2.05, 4.69) is 0 Å². The summed E-state index contributed by atoms with van der Waals surface area (Å²) < 4.78 is 21.6. The average molecular weight is 260 g/mol. The Labute approximate surface area is 106 Å². The maximum atomic E-state index is 12.1. The van der Waals surface area contributed by atoms with E-state index in [1.165, 1.54) is 13.8 Å². The summed E-state index contributed by atoms with van der Waals surface area (Å²) >= 11 is 0. The number of carbonyl (C=O) groups excluding carboxylic acids is 1. The van der Waals surface area contributed by atoms with E-state index in [-0.39, 0.29) is 12.4 Å². The van der Waals surface area contributed by atoms with Crippen LogP contribution < -0.4 is 0 Å². The quantitative estimate of drug-likeness (QED) is 0.732. The number of Topliss-reactive ketones (excluding diaryl/α,β-unsaturated/α-hetero) is 1. The van der Waals surface area contributed by atoms with Crippen molar-refractivity contribution in [2.45, 2.75) is 57.6 Å². The Morgan fingerprint density at radius 1 is 1.39 bits per heavy atom. The second-order valence-electron chi connectivity index (χ2n) is 5.58. The topological polar surface area (TPSA) is 74.2 Å². The number of carbonyl (C=O) groups is 1. The summed E-state index contributed by atoms with van der Waals surface area (Å²) in [5, 5.41) is 9.54. The highest BCUT2D eigenvalue weighted by atomic mass is 16.8. The van der Waals surface area contributed by atoms with Crippen molar-refractivity contribution in [2.75, 3.05) is 13.2 Å². The normalized spacial score (nSPS) is 36.3. The van der Waals surface area contributed by atoms with Crippen molar-refractivity contribution in [1.82, 2.24) is 0 Å². The molecule has 2 heterocycles. The van der Waals surface area contributed by atoms with Gasteiger partial charge in [0, 0.05) is 0 Å². The minimum absolute atomic E-state index is 0.133. The summed E-state index contributed by atoms with van der Waals surface area (Å²) in [6.45, 7) is 6.98. The zero-order valence-corrected chi connectivity index (χ0v) is 11.1. The van der Waals surface area contributed by atoms with Gasteiger partial charge in [-0.25, -0.2) is 0 Å². The first kappa shape index (κ1) is 13.9. The lowest BCUT2D eigenvalue weighted by atomic mass is 10.1. The molecule has 1 N–H and O–H groups in total. The van der Waals surface area contributed by atoms with E-state index in [1.807, 2.05) is 0 Å². The number of aliphatic hydroxyl groups is 1. The van der Waals surface area contributed by atoms with E-state index < -0.39 is 29.9 Å². The van der Waals surface area contributed by atoms with Gasteiger partial charge in [-0.05, 0) is 27.7 Å². The van der Waals surface area contributed by atoms with Crippen molar-refractivity contribution in [1.29, 1.82) is 0 Å². The van der Waals surface area contributed by atoms with E-state index in [0.717, 1.165) is 0 Å². The monoisotopic (exact) mass is 260 g/mol. The van der Waals surface area contributed by atoms with Gasteiger partial charge in [-0.2, -0.15) is 0 Å². The summed E-state index contributed by atoms with van der Waals surface area (Å²) in [6, 6.07) is 0. The van der Waals surface area contributed by atoms with Gasteiger partial charge in [-0.3, -0.25) is 4.79 Å². The summed E-state index contributed by atoms with van der Waals surface area (Å²) in [4.78, 5) is 12.1. The van der Waals surface area contributed by atoms with Crippen molar-refractivity contribution < 1.29 is 28.8 Å². The van der Waals surface area contributed by atoms with E-state index >= 15 is 0 Å². The third-order valence-corrected chi connectivity index (χ3v) is 2.82. The van der Waals surface area contributed by atoms with Gasteiger partial charge in [0.15, 0.2) is 17.4 Å². The van der Waals surface area contributed by atoms with E-state index in [4.69, 9.17) is 18.9 Å². The Morgan fingerprint density at radius 3 is 2.56 bits per heavy atom. The zero-order chi connectivity index (χ0) is 13.6. The first-order valence-electron chi connectivity index (χ1n) is 6.05. The molecular formula is C12H20O6. The van der Waals surface area contributed by atoms with Crippen LogP contribution in [0.1, 0.15) is 27.7 Å². The predicted octanol–water partition coefficient (Wildman–Crippen LogP) is 0.219. The lowest BCUT2D eigenvalue weighted by Crippen LogP contribution is -2.40. The number of ketones is 1. The first-order chi connectivity index (χ1) is 8.18. The van der Waals surface area contributed by atoms with Gasteiger partial charge in [0.2, 0.25) is 0 Å². The largest absolute Gasteiger partial charge is 0.366 e. The third kappa shape index (κ3) is 3.07. The Hall–Kier alpha value is -0.530. The second kappa shape index (κ2) is 4.54. The summed E-state index contributed by atoms with van der Waals surface area (Å²) in [7, 11) is 0. The molecule has 0 aromatic carbocycles. The molecule has 2 fully saturated rings. The van der Waals surface area contributed by atoms with Crippen LogP contribution in [-0.2, 0) is 23.7 Å². The molecule has 3 atom stereocenters. The van der Waals surface area contributed by atoms with Gasteiger partial charge in [-0.1, -0.05) is 0 Å². The Bertz CT molecular complexity index is 332. The highest BCUT2D eigenvalue weighted by Gasteiger charge is 2.47. The minimum Gasteiger partial charge on any atom is -0.366 e. The smallest absolute Gasteiger partial charge is 0.195 e. The molecule has 0 aromatic rings. The molecule has 0 spiro atoms. The highest BCUT2D eigenvalue weighted by molar-refractivity contribution is 5.89. The van der Waals surface area contributed by atoms with Crippen LogP contribution in [0.3, 0.4) is 0 Å². The lowest BCUT2D eigenvalue weighted by Gasteiger charge is -2.22. The molecule has 0 saturated carbocycles. The van der Waals surface area contributed by atoms with Gasteiger partial charge < -0.3 is 24.1 Å². The number of hydrogen-bond donors (Lipinski definition) is 1. The fraction of sp³-hybridized carbons (Fsp3) is 0.917. The van der Waals surface area contributed by atoms with Crippen LogP contribution >= 0.6 is 0 Å². The van der Waals surface area contributed by atoms with E-state index in [9.17, 15) is 9.90 Å². The molecule has 0 bridgehead atoms. The van der Waals surface area contributed by atoms with Crippen molar-refractivity contribution in [3.8, 4) is 0 Å². The van der Waals surface area contributed by atoms with Gasteiger partial charge >= 0.3 is 0 Å². The Balaban J connectivity index is 1.96. The standard InChI is InChI=1S/C12H20O6/c1-11(2,14)17-7-5-15-10(9(7)13)8-6-16-12(3,4)18-8/h7-8,10,14H,5-6H2,1-4H3/t7-,8+,10+/m0/s1. The highest BCUT2D eigenvalue weighted by Crippen LogP contribution is 2.29. The van der Waals surface area contributed by atoms with Crippen LogP contribution in [0, 0.1) is 0 Å². The SMILES string of the molecule is CC(C)(O)O[C@H]1CO[C@H]([C@H]2COC(C)(C)O2)C1=O. The van der Waals surface area contributed by atoms with Gasteiger partial charge in [-0.15, -0.1) is 0 Å². The second-order valence-corrected chi connectivity index (χ2v) is 5.58. The predicted molar refractivity (Wildman–Crippen MR) is 60.8 cm³/mol. The Morgan fingerprint density at radius 2 is 2.06 bits per heavy atom. The third-order valence-electron chi connectivity index (χ3n) is 2.82. The molecule has 6 heteroatoms. The van der Waals surface area contributed by atoms with Gasteiger partial charge in [0.05, 0.1) is 13.2 Å². The molecule has 2 aliphatic rings. The van der Waals surface area contributed by atoms with Crippen LogP contribution in [0.4, 0.5) is 0 Å². The molecule has 2 aliphatic heterocycles. The molecule has 0 amide bonds. The number of ether oxygens (including phenoxy) is 4. The molecule has 0 radical (unpaired) electrons. The van der Waals surface area contributed by atoms with Crippen LogP contribution in [0.25, 0.3) is 0 Å². The zero-order valence-electron chi connectivity index (χ0n) is 11.1. The van der Waals surface area contributed by atoms with Crippen molar-refractivity contribution >= 4 is 5.78 Å². The molecule has 0 aliphatic carbocycles. The molecule has 6 nitrogen and oxygen atoms in total. The minimum atomic E-state index is -1.36. The van der Waals surface area contributed by atoms with Crippen molar-refractivity contribution in [2.24, 2.45) is 0 Å². The molecule has 2 saturated heterocycles. The summed E-state index contributed by atoms with van der Waals surface area (Å²) in [5.41, 5.74) is 0. The van der Waals surface area contributed by atoms with Crippen LogP contribution in [0.5, 0.6) is 0 Å². The molecule has 2 rings (SSSR count). The number of hydrogen-bond acceptors (Lipinski definition) is 6. The van der Waals surface area contributed by atoms with Crippen molar-refractivity contribution in [3.63, 3.8) is 0 Å².